The van der Waals surface area contributed by atoms with E-state index >= 15 is 0 Å². The van der Waals surface area contributed by atoms with E-state index in [4.69, 9.17) is 30.5 Å². The van der Waals surface area contributed by atoms with Crippen molar-refractivity contribution in [1.82, 2.24) is 9.66 Å². The van der Waals surface area contributed by atoms with Crippen molar-refractivity contribution in [3.05, 3.63) is 128 Å². The Hall–Kier alpha value is -5.48. The summed E-state index contributed by atoms with van der Waals surface area (Å²) in [5.41, 5.74) is 1.73. The molecule has 0 atom stereocenters. The second-order valence-electron chi connectivity index (χ2n) is 9.20. The number of benzene rings is 4. The highest BCUT2D eigenvalue weighted by molar-refractivity contribution is 6.31. The van der Waals surface area contributed by atoms with Crippen LogP contribution in [-0.4, -0.2) is 27.9 Å². The van der Waals surface area contributed by atoms with Crippen LogP contribution in [0.4, 0.5) is 5.69 Å². The van der Waals surface area contributed by atoms with E-state index in [-0.39, 0.29) is 18.1 Å². The van der Waals surface area contributed by atoms with Crippen molar-refractivity contribution in [2.24, 2.45) is 5.10 Å². The normalized spacial score (nSPS) is 11.4. The molecule has 208 valence electrons. The highest BCUT2D eigenvalue weighted by atomic mass is 35.5. The van der Waals surface area contributed by atoms with Gasteiger partial charge in [-0.2, -0.15) is 9.78 Å². The Bertz CT molecular complexity index is 2070. The number of fused-ring (bicyclic) bond motifs is 2. The van der Waals surface area contributed by atoms with Gasteiger partial charge in [0.05, 0.1) is 29.2 Å². The molecule has 11 heteroatoms. The molecule has 0 amide bonds. The standard InChI is InChI=1S/C31H21ClN4O6/c1-40-27-11-5-7-20(29(27)41-18-19-6-4-8-23(14-19)36(38)39)17-33-35-30(34-25-10-3-2-9-24(25)31(35)37)28-16-21-15-22(32)12-13-26(21)42-28/h2-17H,18H2,1H3. The number of hydrogen-bond acceptors (Lipinski definition) is 8. The smallest absolute Gasteiger partial charge is 0.282 e. The Labute approximate surface area is 243 Å². The first kappa shape index (κ1) is 26.7. The third-order valence-corrected chi connectivity index (χ3v) is 6.73. The molecule has 42 heavy (non-hydrogen) atoms. The first-order valence-corrected chi connectivity index (χ1v) is 13.1. The van der Waals surface area contributed by atoms with Gasteiger partial charge in [-0.05, 0) is 54.1 Å². The van der Waals surface area contributed by atoms with Crippen molar-refractivity contribution >= 4 is 45.4 Å². The highest BCUT2D eigenvalue weighted by Crippen LogP contribution is 2.32. The van der Waals surface area contributed by atoms with Gasteiger partial charge < -0.3 is 13.9 Å². The molecule has 0 aliphatic heterocycles. The fourth-order valence-corrected chi connectivity index (χ4v) is 4.68. The highest BCUT2D eigenvalue weighted by Gasteiger charge is 2.17. The van der Waals surface area contributed by atoms with Crippen molar-refractivity contribution in [2.45, 2.75) is 6.61 Å². The first-order valence-electron chi connectivity index (χ1n) is 12.7. The minimum absolute atomic E-state index is 0.0349. The Morgan fingerprint density at radius 3 is 2.71 bits per heavy atom. The number of hydrogen-bond donors (Lipinski definition) is 0. The number of furan rings is 1. The zero-order valence-electron chi connectivity index (χ0n) is 22.1. The second-order valence-corrected chi connectivity index (χ2v) is 9.64. The second kappa shape index (κ2) is 11.2. The SMILES string of the molecule is COc1cccc(C=Nn2c(-c3cc4cc(Cl)ccc4o3)nc3ccccc3c2=O)c1OCc1cccc([N+](=O)[O-])c1. The maximum atomic E-state index is 13.7. The molecule has 2 heterocycles. The summed E-state index contributed by atoms with van der Waals surface area (Å²) < 4.78 is 18.8. The lowest BCUT2D eigenvalue weighted by Crippen LogP contribution is -2.20. The third kappa shape index (κ3) is 5.18. The van der Waals surface area contributed by atoms with Gasteiger partial charge in [-0.1, -0.05) is 41.9 Å². The molecule has 2 aromatic heterocycles. The van der Waals surface area contributed by atoms with Gasteiger partial charge in [0.1, 0.15) is 12.2 Å². The molecule has 0 aliphatic rings. The van der Waals surface area contributed by atoms with Gasteiger partial charge in [0.15, 0.2) is 17.3 Å². The van der Waals surface area contributed by atoms with Crippen molar-refractivity contribution in [3.8, 4) is 23.1 Å². The number of non-ortho nitro benzene ring substituents is 1. The number of nitrogens with zero attached hydrogens (tertiary/aromatic N) is 4. The fraction of sp³-hybridized carbons (Fsp3) is 0.0645. The predicted octanol–water partition coefficient (Wildman–Crippen LogP) is 6.84. The van der Waals surface area contributed by atoms with Crippen molar-refractivity contribution < 1.29 is 18.8 Å². The van der Waals surface area contributed by atoms with E-state index in [2.05, 4.69) is 5.10 Å². The van der Waals surface area contributed by atoms with Gasteiger partial charge >= 0.3 is 0 Å². The van der Waals surface area contributed by atoms with Crippen LogP contribution >= 0.6 is 11.6 Å². The summed E-state index contributed by atoms with van der Waals surface area (Å²) in [6.07, 6.45) is 1.46. The van der Waals surface area contributed by atoms with Crippen molar-refractivity contribution in [2.75, 3.05) is 7.11 Å². The number of rotatable bonds is 8. The largest absolute Gasteiger partial charge is 0.493 e. The molecular formula is C31H21ClN4O6. The van der Waals surface area contributed by atoms with Crippen molar-refractivity contribution in [1.29, 1.82) is 0 Å². The first-order chi connectivity index (χ1) is 20.4. The summed E-state index contributed by atoms with van der Waals surface area (Å²) in [5, 5.41) is 17.4. The summed E-state index contributed by atoms with van der Waals surface area (Å²) in [7, 11) is 1.50. The number of ether oxygens (including phenoxy) is 2. The molecule has 0 bridgehead atoms. The Kier molecular flexibility index (Phi) is 7.12. The van der Waals surface area contributed by atoms with Gasteiger partial charge in [0.2, 0.25) is 5.82 Å². The molecule has 6 rings (SSSR count). The molecule has 0 saturated carbocycles. The molecule has 0 spiro atoms. The van der Waals surface area contributed by atoms with E-state index in [1.807, 2.05) is 0 Å². The molecular weight excluding hydrogens is 560 g/mol. The number of nitro groups is 1. The number of halogens is 1. The number of para-hydroxylation sites is 2. The molecule has 0 saturated heterocycles. The van der Waals surface area contributed by atoms with Crippen molar-refractivity contribution in [3.63, 3.8) is 0 Å². The summed E-state index contributed by atoms with van der Waals surface area (Å²) in [5.74, 6) is 1.30. The summed E-state index contributed by atoms with van der Waals surface area (Å²) >= 11 is 6.16. The van der Waals surface area contributed by atoms with Crippen LogP contribution in [0.1, 0.15) is 11.1 Å². The summed E-state index contributed by atoms with van der Waals surface area (Å²) in [6, 6.07) is 25.3. The van der Waals surface area contributed by atoms with Crippen LogP contribution in [-0.2, 0) is 6.61 Å². The lowest BCUT2D eigenvalue weighted by molar-refractivity contribution is -0.384. The Morgan fingerprint density at radius 2 is 1.88 bits per heavy atom. The summed E-state index contributed by atoms with van der Waals surface area (Å²) in [4.78, 5) is 29.1. The zero-order chi connectivity index (χ0) is 29.2. The maximum absolute atomic E-state index is 13.7. The zero-order valence-corrected chi connectivity index (χ0v) is 22.8. The van der Waals surface area contributed by atoms with E-state index in [0.717, 1.165) is 5.39 Å². The molecule has 0 aliphatic carbocycles. The average molecular weight is 581 g/mol. The minimum atomic E-state index is -0.464. The van der Waals surface area contributed by atoms with Crippen LogP contribution in [0.3, 0.4) is 0 Å². The topological polar surface area (TPSA) is 122 Å². The van der Waals surface area contributed by atoms with E-state index in [1.165, 1.54) is 30.1 Å². The quantitative estimate of drug-likeness (QED) is 0.110. The van der Waals surface area contributed by atoms with Crippen LogP contribution in [0.5, 0.6) is 11.5 Å². The molecule has 0 unspecified atom stereocenters. The van der Waals surface area contributed by atoms with Gasteiger partial charge in [-0.25, -0.2) is 4.98 Å². The predicted molar refractivity (Wildman–Crippen MR) is 160 cm³/mol. The number of nitro benzene ring substituents is 1. The van der Waals surface area contributed by atoms with Crippen LogP contribution in [0.25, 0.3) is 33.5 Å². The number of methoxy groups -OCH3 is 1. The van der Waals surface area contributed by atoms with E-state index in [0.29, 0.717) is 49.9 Å². The molecule has 6 aromatic rings. The van der Waals surface area contributed by atoms with Crippen LogP contribution in [0, 0.1) is 10.1 Å². The van der Waals surface area contributed by atoms with Crippen LogP contribution in [0.15, 0.2) is 105 Å². The van der Waals surface area contributed by atoms with Crippen LogP contribution in [0.2, 0.25) is 5.02 Å². The van der Waals surface area contributed by atoms with E-state index in [9.17, 15) is 14.9 Å². The fourth-order valence-electron chi connectivity index (χ4n) is 4.50. The Balaban J connectivity index is 1.43. The molecule has 0 fully saturated rings. The lowest BCUT2D eigenvalue weighted by atomic mass is 10.2. The third-order valence-electron chi connectivity index (χ3n) is 6.50. The van der Waals surface area contributed by atoms with Gasteiger partial charge in [0, 0.05) is 28.1 Å². The van der Waals surface area contributed by atoms with E-state index < -0.39 is 10.5 Å². The number of aromatic nitrogens is 2. The molecule has 4 aromatic carbocycles. The lowest BCUT2D eigenvalue weighted by Gasteiger charge is -2.13. The maximum Gasteiger partial charge on any atom is 0.282 e. The Morgan fingerprint density at radius 1 is 1.05 bits per heavy atom. The van der Waals surface area contributed by atoms with Gasteiger partial charge in [-0.3, -0.25) is 14.9 Å². The molecule has 0 radical (unpaired) electrons. The molecule has 10 nitrogen and oxygen atoms in total. The van der Waals surface area contributed by atoms with Crippen LogP contribution < -0.4 is 15.0 Å². The average Bonchev–Trinajstić information content (AvgIpc) is 3.43. The monoisotopic (exact) mass is 580 g/mol. The molecule has 0 N–H and O–H groups in total. The summed E-state index contributed by atoms with van der Waals surface area (Å²) in [6.45, 7) is 0.0349. The van der Waals surface area contributed by atoms with Gasteiger partial charge in [-0.15, -0.1) is 0 Å². The van der Waals surface area contributed by atoms with E-state index in [1.54, 1.807) is 78.9 Å². The minimum Gasteiger partial charge on any atom is -0.493 e. The van der Waals surface area contributed by atoms with Gasteiger partial charge in [0.25, 0.3) is 11.2 Å².